The fraction of sp³-hybridized carbons (Fsp3) is 0.250. The highest BCUT2D eigenvalue weighted by atomic mass is 28.2. The Bertz CT molecular complexity index is 414. The topological polar surface area (TPSA) is 9.23 Å². The van der Waals surface area contributed by atoms with Gasteiger partial charge in [-0.2, -0.15) is 0 Å². The van der Waals surface area contributed by atoms with Crippen molar-refractivity contribution in [2.24, 2.45) is 0 Å². The molecule has 0 unspecified atom stereocenters. The molecule has 0 aliphatic carbocycles. The van der Waals surface area contributed by atoms with E-state index in [1.54, 1.807) is 0 Å². The number of hydrogen-bond acceptors (Lipinski definition) is 1. The normalized spacial score (nSPS) is 11.1. The first-order valence-corrected chi connectivity index (χ1v) is 7.27. The van der Waals surface area contributed by atoms with Gasteiger partial charge in [-0.25, -0.2) is 0 Å². The first-order chi connectivity index (χ1) is 8.77. The van der Waals surface area contributed by atoms with Gasteiger partial charge in [0.15, 0.2) is 0 Å². The van der Waals surface area contributed by atoms with Crippen LogP contribution in [0.15, 0.2) is 60.7 Å². The first-order valence-electron chi connectivity index (χ1n) is 6.28. The standard InChI is InChI=1S/C16H18OSi/c1-13(2)17-18-16(14-9-5-3-6-10-14)15-11-7-4-8-12-15/h3-13,16H,1-2H3. The van der Waals surface area contributed by atoms with Crippen molar-refractivity contribution in [2.45, 2.75) is 25.5 Å². The Morgan fingerprint density at radius 3 is 1.61 bits per heavy atom. The average Bonchev–Trinajstić information content (AvgIpc) is 2.41. The molecule has 0 spiro atoms. The van der Waals surface area contributed by atoms with E-state index >= 15 is 0 Å². The second-order valence-corrected chi connectivity index (χ2v) is 5.59. The Morgan fingerprint density at radius 2 is 1.22 bits per heavy atom. The SMILES string of the molecule is CC(C)O[Si]C(c1ccccc1)c1ccccc1. The first kappa shape index (κ1) is 13.1. The molecule has 1 nitrogen and oxygen atoms in total. The van der Waals surface area contributed by atoms with Crippen molar-refractivity contribution in [2.75, 3.05) is 0 Å². The molecule has 0 saturated heterocycles. The Labute approximate surface area is 112 Å². The van der Waals surface area contributed by atoms with Crippen molar-refractivity contribution in [3.8, 4) is 0 Å². The molecule has 0 amide bonds. The van der Waals surface area contributed by atoms with E-state index in [4.69, 9.17) is 4.43 Å². The third-order valence-corrected chi connectivity index (χ3v) is 4.20. The molecule has 0 saturated carbocycles. The summed E-state index contributed by atoms with van der Waals surface area (Å²) in [5, 5.41) is 0. The van der Waals surface area contributed by atoms with Gasteiger partial charge in [-0.15, -0.1) is 0 Å². The zero-order valence-corrected chi connectivity index (χ0v) is 11.8. The zero-order valence-electron chi connectivity index (χ0n) is 10.8. The van der Waals surface area contributed by atoms with E-state index in [0.717, 1.165) is 0 Å². The molecule has 0 aliphatic rings. The van der Waals surface area contributed by atoms with E-state index in [0.29, 0.717) is 15.3 Å². The molecule has 0 aromatic heterocycles. The minimum Gasteiger partial charge on any atom is -0.414 e. The minimum absolute atomic E-state index is 0.276. The fourth-order valence-electron chi connectivity index (χ4n) is 1.82. The molecule has 0 aliphatic heterocycles. The van der Waals surface area contributed by atoms with Crippen LogP contribution in [0.2, 0.25) is 0 Å². The zero-order chi connectivity index (χ0) is 12.8. The Kier molecular flexibility index (Phi) is 4.73. The van der Waals surface area contributed by atoms with Crippen molar-refractivity contribution in [1.29, 1.82) is 0 Å². The molecule has 0 atom stereocenters. The van der Waals surface area contributed by atoms with E-state index < -0.39 is 0 Å². The summed E-state index contributed by atoms with van der Waals surface area (Å²) in [5.41, 5.74) is 2.99. The van der Waals surface area contributed by atoms with E-state index in [1.807, 2.05) is 0 Å². The third kappa shape index (κ3) is 3.55. The molecule has 2 rings (SSSR count). The Hall–Kier alpha value is -1.38. The van der Waals surface area contributed by atoms with Crippen LogP contribution < -0.4 is 0 Å². The maximum absolute atomic E-state index is 5.84. The molecule has 2 aromatic carbocycles. The van der Waals surface area contributed by atoms with E-state index in [9.17, 15) is 0 Å². The van der Waals surface area contributed by atoms with Crippen LogP contribution in [-0.4, -0.2) is 15.9 Å². The van der Waals surface area contributed by atoms with Crippen LogP contribution in [0.5, 0.6) is 0 Å². The lowest BCUT2D eigenvalue weighted by Crippen LogP contribution is -2.17. The molecule has 2 aromatic rings. The molecule has 0 bridgehead atoms. The summed E-state index contributed by atoms with van der Waals surface area (Å²) in [6.45, 7) is 4.17. The highest BCUT2D eigenvalue weighted by Gasteiger charge is 2.16. The average molecular weight is 254 g/mol. The van der Waals surface area contributed by atoms with Gasteiger partial charge in [0.05, 0.1) is 0 Å². The number of benzene rings is 2. The van der Waals surface area contributed by atoms with Crippen molar-refractivity contribution in [3.05, 3.63) is 71.8 Å². The monoisotopic (exact) mass is 254 g/mol. The molecule has 0 fully saturated rings. The summed E-state index contributed by atoms with van der Waals surface area (Å²) in [4.78, 5) is 0. The molecular formula is C16H18OSi. The van der Waals surface area contributed by atoms with Gasteiger partial charge in [0.25, 0.3) is 0 Å². The summed E-state index contributed by atoms with van der Waals surface area (Å²) in [5.74, 6) is 0. The molecule has 2 radical (unpaired) electrons. The highest BCUT2D eigenvalue weighted by Crippen LogP contribution is 2.23. The van der Waals surface area contributed by atoms with Gasteiger partial charge in [-0.1, -0.05) is 60.7 Å². The van der Waals surface area contributed by atoms with E-state index in [1.165, 1.54) is 11.1 Å². The highest BCUT2D eigenvalue weighted by molar-refractivity contribution is 6.31. The largest absolute Gasteiger partial charge is 0.414 e. The molecule has 0 N–H and O–H groups in total. The predicted octanol–water partition coefficient (Wildman–Crippen LogP) is 3.82. The third-order valence-electron chi connectivity index (χ3n) is 2.69. The van der Waals surface area contributed by atoms with Crippen LogP contribution in [0.25, 0.3) is 0 Å². The summed E-state index contributed by atoms with van der Waals surface area (Å²) in [7, 11) is 0.459. The van der Waals surface area contributed by atoms with Crippen LogP contribution in [0.1, 0.15) is 30.5 Å². The van der Waals surface area contributed by atoms with Crippen molar-refractivity contribution in [1.82, 2.24) is 0 Å². The van der Waals surface area contributed by atoms with Gasteiger partial charge in [0.2, 0.25) is 9.76 Å². The summed E-state index contributed by atoms with van der Waals surface area (Å²) >= 11 is 0. The predicted molar refractivity (Wildman–Crippen MR) is 76.7 cm³/mol. The van der Waals surface area contributed by atoms with Crippen LogP contribution in [0.3, 0.4) is 0 Å². The van der Waals surface area contributed by atoms with Crippen LogP contribution >= 0.6 is 0 Å². The van der Waals surface area contributed by atoms with Crippen LogP contribution in [0, 0.1) is 0 Å². The molecule has 0 heterocycles. The van der Waals surface area contributed by atoms with Gasteiger partial charge in [0, 0.05) is 11.6 Å². The van der Waals surface area contributed by atoms with Gasteiger partial charge < -0.3 is 4.43 Å². The van der Waals surface area contributed by atoms with Gasteiger partial charge in [0.1, 0.15) is 0 Å². The summed E-state index contributed by atoms with van der Waals surface area (Å²) in [6, 6.07) is 21.2. The Morgan fingerprint density at radius 1 is 0.778 bits per heavy atom. The molecule has 2 heteroatoms. The fourth-order valence-corrected chi connectivity index (χ4v) is 2.89. The quantitative estimate of drug-likeness (QED) is 0.737. The lowest BCUT2D eigenvalue weighted by Gasteiger charge is -2.18. The second kappa shape index (κ2) is 6.52. The minimum atomic E-state index is 0.276. The van der Waals surface area contributed by atoms with E-state index in [2.05, 4.69) is 74.5 Å². The van der Waals surface area contributed by atoms with Gasteiger partial charge in [-0.05, 0) is 25.0 Å². The van der Waals surface area contributed by atoms with Crippen molar-refractivity contribution < 1.29 is 4.43 Å². The summed E-state index contributed by atoms with van der Waals surface area (Å²) < 4.78 is 5.84. The van der Waals surface area contributed by atoms with Crippen LogP contribution in [0.4, 0.5) is 0 Å². The van der Waals surface area contributed by atoms with Crippen LogP contribution in [-0.2, 0) is 4.43 Å². The van der Waals surface area contributed by atoms with Gasteiger partial charge >= 0.3 is 0 Å². The van der Waals surface area contributed by atoms with Crippen molar-refractivity contribution >= 4 is 9.76 Å². The maximum Gasteiger partial charge on any atom is 0.243 e. The molecule has 18 heavy (non-hydrogen) atoms. The summed E-state index contributed by atoms with van der Waals surface area (Å²) in [6.07, 6.45) is 0.276. The lowest BCUT2D eigenvalue weighted by molar-refractivity contribution is 0.253. The smallest absolute Gasteiger partial charge is 0.243 e. The second-order valence-electron chi connectivity index (χ2n) is 4.54. The molecular weight excluding hydrogens is 236 g/mol. The molecule has 92 valence electrons. The lowest BCUT2D eigenvalue weighted by atomic mass is 10.0. The van der Waals surface area contributed by atoms with E-state index in [-0.39, 0.29) is 6.10 Å². The van der Waals surface area contributed by atoms with Crippen molar-refractivity contribution in [3.63, 3.8) is 0 Å². The maximum atomic E-state index is 5.84. The Balaban J connectivity index is 2.24. The van der Waals surface area contributed by atoms with Gasteiger partial charge in [-0.3, -0.25) is 0 Å². The number of rotatable bonds is 5. The number of hydrogen-bond donors (Lipinski definition) is 0.